The lowest BCUT2D eigenvalue weighted by atomic mass is 10.0. The Kier molecular flexibility index (Phi) is 6.13. The first-order valence-electron chi connectivity index (χ1n) is 13.0. The molecule has 2 aliphatic rings. The van der Waals surface area contributed by atoms with Gasteiger partial charge in [-0.2, -0.15) is 0 Å². The van der Waals surface area contributed by atoms with Gasteiger partial charge in [-0.25, -0.2) is 4.90 Å². The van der Waals surface area contributed by atoms with Gasteiger partial charge in [0.25, 0.3) is 5.91 Å². The van der Waals surface area contributed by atoms with Gasteiger partial charge in [-0.05, 0) is 60.1 Å². The summed E-state index contributed by atoms with van der Waals surface area (Å²) in [4.78, 5) is 47.0. The Morgan fingerprint density at radius 2 is 1.73 bits per heavy atom. The van der Waals surface area contributed by atoms with Crippen molar-refractivity contribution in [2.24, 2.45) is 16.7 Å². The van der Waals surface area contributed by atoms with Crippen LogP contribution in [0, 0.1) is 16.7 Å². The highest BCUT2D eigenvalue weighted by atomic mass is 16.5. The number of ether oxygens (including phenoxy) is 1. The summed E-state index contributed by atoms with van der Waals surface area (Å²) in [5, 5.41) is 1.10. The molecule has 2 heterocycles. The topological polar surface area (TPSA) is 82.7 Å². The SMILES string of the molecule is CCOc1ccc(N2C(=O)CC(N(CCc3c[nH]c4ccccc34)C(=O)C3C(C)(C)C3(C)C)C2=O)cc1. The van der Waals surface area contributed by atoms with Crippen molar-refractivity contribution in [1.82, 2.24) is 9.88 Å². The number of carbonyl (C=O) groups excluding carboxylic acids is 3. The van der Waals surface area contributed by atoms with Gasteiger partial charge in [0.05, 0.1) is 18.7 Å². The average molecular weight is 502 g/mol. The number of nitrogens with zero attached hydrogens (tertiary/aromatic N) is 2. The first-order chi connectivity index (χ1) is 17.6. The van der Waals surface area contributed by atoms with Crippen molar-refractivity contribution in [3.63, 3.8) is 0 Å². The van der Waals surface area contributed by atoms with Crippen LogP contribution >= 0.6 is 0 Å². The highest BCUT2D eigenvalue weighted by molar-refractivity contribution is 6.23. The van der Waals surface area contributed by atoms with Gasteiger partial charge >= 0.3 is 0 Å². The molecule has 1 N–H and O–H groups in total. The minimum Gasteiger partial charge on any atom is -0.494 e. The number of benzene rings is 2. The number of amides is 3. The molecule has 0 bridgehead atoms. The number of fused-ring (bicyclic) bond motifs is 1. The van der Waals surface area contributed by atoms with Gasteiger partial charge in [-0.15, -0.1) is 0 Å². The van der Waals surface area contributed by atoms with Crippen molar-refractivity contribution in [2.75, 3.05) is 18.1 Å². The molecular formula is C30H35N3O4. The van der Waals surface area contributed by atoms with Crippen molar-refractivity contribution in [3.8, 4) is 5.75 Å². The summed E-state index contributed by atoms with van der Waals surface area (Å²) in [6.07, 6.45) is 2.54. The van der Waals surface area contributed by atoms with Crippen LogP contribution in [-0.4, -0.2) is 46.8 Å². The number of hydrogen-bond acceptors (Lipinski definition) is 4. The summed E-state index contributed by atoms with van der Waals surface area (Å²) in [6.45, 7) is 11.2. The smallest absolute Gasteiger partial charge is 0.257 e. The molecule has 1 atom stereocenters. The fraction of sp³-hybridized carbons (Fsp3) is 0.433. The third-order valence-electron chi connectivity index (χ3n) is 8.75. The maximum Gasteiger partial charge on any atom is 0.257 e. The van der Waals surface area contributed by atoms with E-state index in [1.807, 2.05) is 31.3 Å². The molecule has 2 aromatic carbocycles. The van der Waals surface area contributed by atoms with Gasteiger partial charge in [0, 0.05) is 29.6 Å². The van der Waals surface area contributed by atoms with Crippen molar-refractivity contribution in [3.05, 3.63) is 60.3 Å². The van der Waals surface area contributed by atoms with E-state index >= 15 is 0 Å². The monoisotopic (exact) mass is 501 g/mol. The van der Waals surface area contributed by atoms with Crippen LogP contribution in [-0.2, 0) is 20.8 Å². The number of para-hydroxylation sites is 1. The van der Waals surface area contributed by atoms with Gasteiger partial charge in [0.15, 0.2) is 0 Å². The molecule has 37 heavy (non-hydrogen) atoms. The Morgan fingerprint density at radius 1 is 1.05 bits per heavy atom. The van der Waals surface area contributed by atoms with E-state index in [9.17, 15) is 14.4 Å². The summed E-state index contributed by atoms with van der Waals surface area (Å²) in [7, 11) is 0. The molecule has 5 rings (SSSR count). The highest BCUT2D eigenvalue weighted by Gasteiger charge is 2.69. The van der Waals surface area contributed by atoms with Gasteiger partial charge in [0.2, 0.25) is 11.8 Å². The molecule has 1 aliphatic carbocycles. The maximum absolute atomic E-state index is 14.0. The second kappa shape index (κ2) is 9.05. The molecule has 0 spiro atoms. The summed E-state index contributed by atoms with van der Waals surface area (Å²) in [5.41, 5.74) is 2.27. The molecule has 7 heteroatoms. The molecule has 1 aliphatic heterocycles. The van der Waals surface area contributed by atoms with Crippen LogP contribution in [0.5, 0.6) is 5.75 Å². The number of imide groups is 1. The number of H-pyrrole nitrogens is 1. The lowest BCUT2D eigenvalue weighted by Gasteiger charge is -2.29. The minimum absolute atomic E-state index is 0.0146. The Hall–Kier alpha value is -3.61. The highest BCUT2D eigenvalue weighted by Crippen LogP contribution is 2.69. The van der Waals surface area contributed by atoms with Crippen LogP contribution in [0.3, 0.4) is 0 Å². The molecule has 1 aromatic heterocycles. The Balaban J connectivity index is 1.43. The van der Waals surface area contributed by atoms with Crippen LogP contribution in [0.2, 0.25) is 0 Å². The number of anilines is 1. The third-order valence-corrected chi connectivity index (χ3v) is 8.75. The number of aromatic amines is 1. The lowest BCUT2D eigenvalue weighted by Crippen LogP contribution is -2.47. The quantitative estimate of drug-likeness (QED) is 0.443. The predicted octanol–water partition coefficient (Wildman–Crippen LogP) is 4.95. The zero-order chi connectivity index (χ0) is 26.5. The van der Waals surface area contributed by atoms with Crippen LogP contribution in [0.15, 0.2) is 54.7 Å². The molecule has 2 fully saturated rings. The zero-order valence-electron chi connectivity index (χ0n) is 22.2. The zero-order valence-corrected chi connectivity index (χ0v) is 22.2. The van der Waals surface area contributed by atoms with Gasteiger partial charge in [0.1, 0.15) is 11.8 Å². The van der Waals surface area contributed by atoms with E-state index in [4.69, 9.17) is 4.74 Å². The maximum atomic E-state index is 14.0. The van der Waals surface area contributed by atoms with Gasteiger partial charge in [-0.1, -0.05) is 45.9 Å². The van der Waals surface area contributed by atoms with Crippen LogP contribution in [0.25, 0.3) is 10.9 Å². The van der Waals surface area contributed by atoms with Gasteiger partial charge < -0.3 is 14.6 Å². The summed E-state index contributed by atoms with van der Waals surface area (Å²) in [6, 6.07) is 14.2. The molecule has 1 saturated carbocycles. The molecule has 3 amide bonds. The Bertz CT molecular complexity index is 1340. The average Bonchev–Trinajstić information content (AvgIpc) is 3.18. The number of rotatable bonds is 8. The van der Waals surface area contributed by atoms with Crippen LogP contribution in [0.4, 0.5) is 5.69 Å². The van der Waals surface area contributed by atoms with E-state index in [-0.39, 0.29) is 40.9 Å². The van der Waals surface area contributed by atoms with Crippen molar-refractivity contribution in [1.29, 1.82) is 0 Å². The van der Waals surface area contributed by atoms with E-state index in [1.165, 1.54) is 4.90 Å². The lowest BCUT2D eigenvalue weighted by molar-refractivity contribution is -0.140. The van der Waals surface area contributed by atoms with E-state index in [1.54, 1.807) is 29.2 Å². The number of aromatic nitrogens is 1. The third kappa shape index (κ3) is 4.10. The second-order valence-electron chi connectivity index (χ2n) is 11.2. The van der Waals surface area contributed by atoms with Crippen molar-refractivity contribution in [2.45, 2.75) is 53.5 Å². The molecule has 1 saturated heterocycles. The fourth-order valence-electron chi connectivity index (χ4n) is 5.97. The number of nitrogens with one attached hydrogen (secondary N) is 1. The Morgan fingerprint density at radius 3 is 2.38 bits per heavy atom. The van der Waals surface area contributed by atoms with E-state index < -0.39 is 6.04 Å². The molecule has 7 nitrogen and oxygen atoms in total. The van der Waals surface area contributed by atoms with Gasteiger partial charge in [-0.3, -0.25) is 14.4 Å². The largest absolute Gasteiger partial charge is 0.494 e. The standard InChI is InChI=1S/C30H35N3O4/c1-6-37-21-13-11-20(12-14-21)33-25(34)17-24(27(33)35)32(28(36)26-29(2,3)30(26,4)5)16-15-19-18-31-23-10-8-7-9-22(19)23/h7-14,18,24,26,31H,6,15-17H2,1-5H3. The molecular weight excluding hydrogens is 466 g/mol. The van der Waals surface area contributed by atoms with Crippen LogP contribution in [0.1, 0.15) is 46.6 Å². The normalized spacial score (nSPS) is 20.5. The van der Waals surface area contributed by atoms with E-state index in [0.29, 0.717) is 31.0 Å². The molecule has 1 unspecified atom stereocenters. The van der Waals surface area contributed by atoms with E-state index in [2.05, 4.69) is 38.7 Å². The summed E-state index contributed by atoms with van der Waals surface area (Å²) < 4.78 is 5.49. The molecule has 3 aromatic rings. The summed E-state index contributed by atoms with van der Waals surface area (Å²) in [5.74, 6) is -0.216. The van der Waals surface area contributed by atoms with E-state index in [0.717, 1.165) is 16.5 Å². The number of hydrogen-bond donors (Lipinski definition) is 1. The number of carbonyl (C=O) groups is 3. The fourth-order valence-corrected chi connectivity index (χ4v) is 5.97. The van der Waals surface area contributed by atoms with Crippen molar-refractivity contribution < 1.29 is 19.1 Å². The first-order valence-corrected chi connectivity index (χ1v) is 13.0. The Labute approximate surface area is 217 Å². The summed E-state index contributed by atoms with van der Waals surface area (Å²) >= 11 is 0. The second-order valence-corrected chi connectivity index (χ2v) is 11.2. The minimum atomic E-state index is -0.816. The molecule has 0 radical (unpaired) electrons. The predicted molar refractivity (Wildman–Crippen MR) is 143 cm³/mol. The van der Waals surface area contributed by atoms with Crippen molar-refractivity contribution >= 4 is 34.3 Å². The molecule has 194 valence electrons. The van der Waals surface area contributed by atoms with Crippen LogP contribution < -0.4 is 9.64 Å². The first kappa shape index (κ1) is 25.1.